The smallest absolute Gasteiger partial charge is 0.273 e. The number of ether oxygens (including phenoxy) is 1. The zero-order chi connectivity index (χ0) is 16.1. The average Bonchev–Trinajstić information content (AvgIpc) is 3.10. The Morgan fingerprint density at radius 2 is 2.43 bits per heavy atom. The first-order valence-corrected chi connectivity index (χ1v) is 8.58. The first kappa shape index (κ1) is 15.9. The largest absolute Gasteiger partial charge is 0.370 e. The van der Waals surface area contributed by atoms with Crippen LogP contribution in [0.5, 0.6) is 0 Å². The van der Waals surface area contributed by atoms with Crippen molar-refractivity contribution in [3.05, 3.63) is 41.2 Å². The molecular formula is C16H20N4O2S. The number of carbonyl (C=O) groups excluding carboxylic acids is 1. The highest BCUT2D eigenvalue weighted by atomic mass is 32.1. The topological polar surface area (TPSA) is 67.4 Å². The monoisotopic (exact) mass is 332 g/mol. The lowest BCUT2D eigenvalue weighted by Crippen LogP contribution is -2.43. The van der Waals surface area contributed by atoms with Gasteiger partial charge in [-0.15, -0.1) is 11.3 Å². The van der Waals surface area contributed by atoms with Crippen LogP contribution in [0.25, 0.3) is 0 Å². The molecule has 0 spiro atoms. The Morgan fingerprint density at radius 3 is 3.17 bits per heavy atom. The summed E-state index contributed by atoms with van der Waals surface area (Å²) in [4.78, 5) is 22.9. The van der Waals surface area contributed by atoms with Crippen LogP contribution in [-0.4, -0.2) is 47.0 Å². The molecule has 2 aromatic heterocycles. The van der Waals surface area contributed by atoms with Gasteiger partial charge in [0.15, 0.2) is 5.13 Å². The highest BCUT2D eigenvalue weighted by Crippen LogP contribution is 2.20. The van der Waals surface area contributed by atoms with E-state index >= 15 is 0 Å². The van der Waals surface area contributed by atoms with Gasteiger partial charge in [0.25, 0.3) is 5.91 Å². The third-order valence-corrected chi connectivity index (χ3v) is 4.66. The predicted molar refractivity (Wildman–Crippen MR) is 89.6 cm³/mol. The van der Waals surface area contributed by atoms with Crippen LogP contribution in [0.3, 0.4) is 0 Å². The van der Waals surface area contributed by atoms with Gasteiger partial charge in [0.2, 0.25) is 0 Å². The van der Waals surface area contributed by atoms with Crippen molar-refractivity contribution in [1.29, 1.82) is 0 Å². The number of rotatable bonds is 5. The summed E-state index contributed by atoms with van der Waals surface area (Å²) in [5, 5.41) is 5.51. The second-order valence-electron chi connectivity index (χ2n) is 5.44. The van der Waals surface area contributed by atoms with Crippen molar-refractivity contribution < 1.29 is 9.53 Å². The van der Waals surface area contributed by atoms with Crippen molar-refractivity contribution in [1.82, 2.24) is 14.9 Å². The minimum Gasteiger partial charge on any atom is -0.370 e. The highest BCUT2D eigenvalue weighted by Gasteiger charge is 2.26. The second-order valence-corrected chi connectivity index (χ2v) is 6.29. The summed E-state index contributed by atoms with van der Waals surface area (Å²) in [6.07, 6.45) is 3.73. The summed E-state index contributed by atoms with van der Waals surface area (Å²) in [5.74, 6) is -0.0195. The molecular weight excluding hydrogens is 312 g/mol. The summed E-state index contributed by atoms with van der Waals surface area (Å²) in [7, 11) is 1.80. The van der Waals surface area contributed by atoms with Crippen LogP contribution < -0.4 is 5.32 Å². The van der Waals surface area contributed by atoms with Gasteiger partial charge in [0.1, 0.15) is 5.69 Å². The molecule has 0 bridgehead atoms. The number of hydrogen-bond acceptors (Lipinski definition) is 6. The molecule has 0 unspecified atom stereocenters. The third-order valence-electron chi connectivity index (χ3n) is 3.80. The number of thiazole rings is 1. The predicted octanol–water partition coefficient (Wildman–Crippen LogP) is 2.40. The summed E-state index contributed by atoms with van der Waals surface area (Å²) < 4.78 is 5.93. The van der Waals surface area contributed by atoms with E-state index in [9.17, 15) is 4.79 Å². The average molecular weight is 332 g/mol. The van der Waals surface area contributed by atoms with Crippen LogP contribution in [0, 0.1) is 0 Å². The molecule has 3 heterocycles. The molecule has 23 heavy (non-hydrogen) atoms. The number of aromatic nitrogens is 2. The minimum atomic E-state index is -0.0195. The fourth-order valence-electron chi connectivity index (χ4n) is 2.59. The number of pyridine rings is 1. The van der Waals surface area contributed by atoms with Crippen molar-refractivity contribution in [2.24, 2.45) is 0 Å². The van der Waals surface area contributed by atoms with E-state index in [4.69, 9.17) is 4.74 Å². The normalized spacial score (nSPS) is 18.0. The Morgan fingerprint density at radius 1 is 1.52 bits per heavy atom. The van der Waals surface area contributed by atoms with Crippen molar-refractivity contribution in [3.63, 3.8) is 0 Å². The van der Waals surface area contributed by atoms with Gasteiger partial charge in [-0.3, -0.25) is 9.78 Å². The van der Waals surface area contributed by atoms with Crippen LogP contribution >= 0.6 is 11.3 Å². The zero-order valence-corrected chi connectivity index (χ0v) is 13.9. The van der Waals surface area contributed by atoms with Gasteiger partial charge in [0.05, 0.1) is 18.4 Å². The molecule has 3 rings (SSSR count). The molecule has 7 heteroatoms. The maximum atomic E-state index is 12.5. The van der Waals surface area contributed by atoms with Gasteiger partial charge < -0.3 is 15.0 Å². The zero-order valence-electron chi connectivity index (χ0n) is 13.1. The van der Waals surface area contributed by atoms with Crippen LogP contribution in [0.15, 0.2) is 29.8 Å². The van der Waals surface area contributed by atoms with E-state index in [0.717, 1.165) is 30.2 Å². The van der Waals surface area contributed by atoms with Crippen LogP contribution in [0.1, 0.15) is 29.0 Å². The lowest BCUT2D eigenvalue weighted by atomic mass is 10.1. The van der Waals surface area contributed by atoms with Crippen molar-refractivity contribution in [2.45, 2.75) is 25.6 Å². The lowest BCUT2D eigenvalue weighted by molar-refractivity contribution is -0.00798. The van der Waals surface area contributed by atoms with Crippen molar-refractivity contribution >= 4 is 22.4 Å². The molecule has 6 nitrogen and oxygen atoms in total. The SMILES string of the molecule is CNc1nc(C(=O)N2CCC[C@@H](OCc3ccccn3)C2)cs1. The van der Waals surface area contributed by atoms with E-state index in [0.29, 0.717) is 18.8 Å². The Kier molecular flexibility index (Phi) is 5.19. The molecule has 1 amide bonds. The van der Waals surface area contributed by atoms with E-state index in [1.165, 1.54) is 11.3 Å². The van der Waals surface area contributed by atoms with E-state index in [-0.39, 0.29) is 12.0 Å². The number of piperidine rings is 1. The van der Waals surface area contributed by atoms with Gasteiger partial charge >= 0.3 is 0 Å². The molecule has 1 aliphatic heterocycles. The van der Waals surface area contributed by atoms with E-state index in [1.54, 1.807) is 18.6 Å². The van der Waals surface area contributed by atoms with Crippen LogP contribution in [0.2, 0.25) is 0 Å². The van der Waals surface area contributed by atoms with Gasteiger partial charge in [0, 0.05) is 31.7 Å². The number of hydrogen-bond donors (Lipinski definition) is 1. The summed E-state index contributed by atoms with van der Waals surface area (Å²) in [6, 6.07) is 5.78. The Bertz CT molecular complexity index is 647. The molecule has 1 saturated heterocycles. The first-order chi connectivity index (χ1) is 11.3. The number of likely N-dealkylation sites (tertiary alicyclic amines) is 1. The molecule has 1 aliphatic rings. The van der Waals surface area contributed by atoms with Crippen LogP contribution in [0.4, 0.5) is 5.13 Å². The molecule has 1 atom stereocenters. The van der Waals surface area contributed by atoms with E-state index in [2.05, 4.69) is 15.3 Å². The van der Waals surface area contributed by atoms with Gasteiger partial charge in [-0.25, -0.2) is 4.98 Å². The van der Waals surface area contributed by atoms with Gasteiger partial charge in [-0.05, 0) is 25.0 Å². The Hall–Kier alpha value is -1.99. The maximum Gasteiger partial charge on any atom is 0.273 e. The number of carbonyl (C=O) groups is 1. The summed E-state index contributed by atoms with van der Waals surface area (Å²) >= 11 is 1.44. The fraction of sp³-hybridized carbons (Fsp3) is 0.438. The number of nitrogens with one attached hydrogen (secondary N) is 1. The van der Waals surface area contributed by atoms with Crippen molar-refractivity contribution in [3.8, 4) is 0 Å². The standard InChI is InChI=1S/C16H20N4O2S/c1-17-16-19-14(11-23-16)15(21)20-8-4-6-13(9-20)22-10-12-5-2-3-7-18-12/h2-3,5,7,11,13H,4,6,8-10H2,1H3,(H,17,19)/t13-/m1/s1. The number of anilines is 1. The molecule has 0 aliphatic carbocycles. The molecule has 2 aromatic rings. The Labute approximate surface area is 139 Å². The molecule has 0 aromatic carbocycles. The van der Waals surface area contributed by atoms with Crippen molar-refractivity contribution in [2.75, 3.05) is 25.5 Å². The molecule has 0 radical (unpaired) electrons. The number of nitrogens with zero attached hydrogens (tertiary/aromatic N) is 3. The molecule has 1 fully saturated rings. The van der Waals surface area contributed by atoms with E-state index in [1.807, 2.05) is 23.1 Å². The first-order valence-electron chi connectivity index (χ1n) is 7.70. The fourth-order valence-corrected chi connectivity index (χ4v) is 3.24. The quantitative estimate of drug-likeness (QED) is 0.911. The summed E-state index contributed by atoms with van der Waals surface area (Å²) in [5.41, 5.74) is 1.42. The molecule has 1 N–H and O–H groups in total. The maximum absolute atomic E-state index is 12.5. The highest BCUT2D eigenvalue weighted by molar-refractivity contribution is 7.13. The van der Waals surface area contributed by atoms with Crippen LogP contribution in [-0.2, 0) is 11.3 Å². The molecule has 122 valence electrons. The third kappa shape index (κ3) is 4.05. The van der Waals surface area contributed by atoms with Gasteiger partial charge in [-0.2, -0.15) is 0 Å². The number of amides is 1. The molecule has 0 saturated carbocycles. The lowest BCUT2D eigenvalue weighted by Gasteiger charge is -2.32. The minimum absolute atomic E-state index is 0.0195. The Balaban J connectivity index is 1.56. The second kappa shape index (κ2) is 7.52. The van der Waals surface area contributed by atoms with Gasteiger partial charge in [-0.1, -0.05) is 6.07 Å². The van der Waals surface area contributed by atoms with E-state index < -0.39 is 0 Å². The summed E-state index contributed by atoms with van der Waals surface area (Å²) in [6.45, 7) is 1.85.